The molecule has 3 aromatic rings. The minimum Gasteiger partial charge on any atom is -0.508 e. The summed E-state index contributed by atoms with van der Waals surface area (Å²) in [5.41, 5.74) is 9.75. The quantitative estimate of drug-likeness (QED) is 0.154. The lowest BCUT2D eigenvalue weighted by atomic mass is 9.99. The minimum absolute atomic E-state index is 0.00959. The van der Waals surface area contributed by atoms with Crippen molar-refractivity contribution in [2.45, 2.75) is 52.2 Å². The maximum Gasteiger partial charge on any atom is 0.265 e. The first-order valence-corrected chi connectivity index (χ1v) is 15.2. The highest BCUT2D eigenvalue weighted by atomic mass is 16.3. The SMILES string of the molecule is CCCN(CCC)C(=O)c1cc(C(N)=O)cc(C(=O)NC(Cc2ccc(O)cc2)C(O)CN(CC)NC(=O)c2ccccc2)c1. The van der Waals surface area contributed by atoms with Crippen LogP contribution in [0.25, 0.3) is 0 Å². The number of primary amides is 1. The molecular weight excluding hydrogens is 574 g/mol. The molecule has 6 N–H and O–H groups in total. The second-order valence-electron chi connectivity index (χ2n) is 10.8. The zero-order valence-corrected chi connectivity index (χ0v) is 26.0. The van der Waals surface area contributed by atoms with Gasteiger partial charge in [-0.1, -0.05) is 51.1 Å². The van der Waals surface area contributed by atoms with E-state index >= 15 is 0 Å². The number of carbonyl (C=O) groups is 4. The second-order valence-corrected chi connectivity index (χ2v) is 10.8. The molecule has 2 atom stereocenters. The van der Waals surface area contributed by atoms with Gasteiger partial charge in [-0.05, 0) is 67.3 Å². The van der Waals surface area contributed by atoms with Crippen molar-refractivity contribution in [3.8, 4) is 5.75 Å². The molecule has 3 aromatic carbocycles. The number of benzene rings is 3. The third-order valence-corrected chi connectivity index (χ3v) is 7.26. The highest BCUT2D eigenvalue weighted by Crippen LogP contribution is 2.17. The van der Waals surface area contributed by atoms with Gasteiger partial charge in [-0.3, -0.25) is 24.6 Å². The van der Waals surface area contributed by atoms with Gasteiger partial charge >= 0.3 is 0 Å². The van der Waals surface area contributed by atoms with Crippen molar-refractivity contribution < 1.29 is 29.4 Å². The van der Waals surface area contributed by atoms with Crippen molar-refractivity contribution in [2.75, 3.05) is 26.2 Å². The van der Waals surface area contributed by atoms with Gasteiger partial charge in [-0.25, -0.2) is 5.01 Å². The average molecular weight is 618 g/mol. The van der Waals surface area contributed by atoms with Gasteiger partial charge in [-0.15, -0.1) is 0 Å². The Morgan fingerprint density at radius 2 is 1.40 bits per heavy atom. The van der Waals surface area contributed by atoms with Gasteiger partial charge in [0.05, 0.1) is 12.1 Å². The number of nitrogens with zero attached hydrogens (tertiary/aromatic N) is 2. The molecule has 0 radical (unpaired) electrons. The smallest absolute Gasteiger partial charge is 0.265 e. The van der Waals surface area contributed by atoms with Crippen LogP contribution in [0.4, 0.5) is 0 Å². The van der Waals surface area contributed by atoms with Gasteiger partial charge in [0.2, 0.25) is 5.91 Å². The first kappa shape index (κ1) is 34.7. The van der Waals surface area contributed by atoms with Crippen molar-refractivity contribution in [1.82, 2.24) is 20.7 Å². The lowest BCUT2D eigenvalue weighted by Crippen LogP contribution is -2.53. The average Bonchev–Trinajstić information content (AvgIpc) is 3.04. The van der Waals surface area contributed by atoms with E-state index in [1.165, 1.54) is 30.3 Å². The van der Waals surface area contributed by atoms with Gasteiger partial charge in [0.1, 0.15) is 5.75 Å². The van der Waals surface area contributed by atoms with Crippen LogP contribution in [0, 0.1) is 0 Å². The minimum atomic E-state index is -1.16. The number of hydrazine groups is 1. The monoisotopic (exact) mass is 617 g/mol. The standard InChI is InChI=1S/C34H43N5O6/c1-4-16-38(17-5-2)34(45)27-20-25(31(35)42)19-26(21-27)32(43)36-29(18-23-12-14-28(40)15-13-23)30(41)22-39(6-3)37-33(44)24-10-8-7-9-11-24/h7-15,19-21,29-30,40-41H,4-6,16-18,22H2,1-3H3,(H2,35,42)(H,36,43)(H,37,44). The molecule has 45 heavy (non-hydrogen) atoms. The van der Waals surface area contributed by atoms with E-state index in [4.69, 9.17) is 5.73 Å². The number of rotatable bonds is 16. The topological polar surface area (TPSA) is 165 Å². The fourth-order valence-electron chi connectivity index (χ4n) is 4.89. The molecule has 240 valence electrons. The maximum absolute atomic E-state index is 13.7. The number of phenols is 1. The van der Waals surface area contributed by atoms with E-state index in [2.05, 4.69) is 10.7 Å². The molecule has 0 saturated carbocycles. The van der Waals surface area contributed by atoms with Crippen molar-refractivity contribution in [3.05, 3.63) is 101 Å². The third kappa shape index (κ3) is 10.2. The van der Waals surface area contributed by atoms with Crippen LogP contribution in [0.15, 0.2) is 72.8 Å². The van der Waals surface area contributed by atoms with Crippen LogP contribution in [0.3, 0.4) is 0 Å². The van der Waals surface area contributed by atoms with Crippen molar-refractivity contribution >= 4 is 23.6 Å². The molecule has 3 rings (SSSR count). The number of aliphatic hydroxyl groups is 1. The van der Waals surface area contributed by atoms with Crippen molar-refractivity contribution in [2.24, 2.45) is 5.73 Å². The van der Waals surface area contributed by atoms with Gasteiger partial charge < -0.3 is 26.2 Å². The summed E-state index contributed by atoms with van der Waals surface area (Å²) in [7, 11) is 0. The van der Waals surface area contributed by atoms with Crippen molar-refractivity contribution in [3.63, 3.8) is 0 Å². The molecule has 2 unspecified atom stereocenters. The van der Waals surface area contributed by atoms with E-state index in [0.717, 1.165) is 18.4 Å². The lowest BCUT2D eigenvalue weighted by molar-refractivity contribution is 0.0471. The van der Waals surface area contributed by atoms with Crippen LogP contribution in [-0.4, -0.2) is 82.1 Å². The molecule has 0 spiro atoms. The Morgan fingerprint density at radius 3 is 1.98 bits per heavy atom. The maximum atomic E-state index is 13.7. The van der Waals surface area contributed by atoms with Crippen LogP contribution >= 0.6 is 0 Å². The van der Waals surface area contributed by atoms with E-state index in [9.17, 15) is 29.4 Å². The Hall–Kier alpha value is -4.74. The zero-order valence-electron chi connectivity index (χ0n) is 26.0. The Kier molecular flexibility index (Phi) is 13.1. The molecule has 0 bridgehead atoms. The first-order valence-electron chi connectivity index (χ1n) is 15.2. The Balaban J connectivity index is 1.89. The molecule has 11 heteroatoms. The number of hydrogen-bond acceptors (Lipinski definition) is 7. The Morgan fingerprint density at radius 1 is 0.800 bits per heavy atom. The van der Waals surface area contributed by atoms with Gasteiger partial charge in [0, 0.05) is 48.4 Å². The summed E-state index contributed by atoms with van der Waals surface area (Å²) in [6.45, 7) is 7.12. The summed E-state index contributed by atoms with van der Waals surface area (Å²) in [6, 6.07) is 18.3. The summed E-state index contributed by atoms with van der Waals surface area (Å²) < 4.78 is 0. The van der Waals surface area contributed by atoms with E-state index in [-0.39, 0.29) is 47.2 Å². The van der Waals surface area contributed by atoms with Gasteiger partial charge in [-0.2, -0.15) is 0 Å². The predicted molar refractivity (Wildman–Crippen MR) is 172 cm³/mol. The number of aromatic hydroxyl groups is 1. The molecular formula is C34H43N5O6. The fraction of sp³-hybridized carbons (Fsp3) is 0.353. The third-order valence-electron chi connectivity index (χ3n) is 7.26. The van der Waals surface area contributed by atoms with Crippen molar-refractivity contribution in [1.29, 1.82) is 0 Å². The highest BCUT2D eigenvalue weighted by molar-refractivity contribution is 6.04. The van der Waals surface area contributed by atoms with E-state index in [0.29, 0.717) is 25.2 Å². The Labute approximate surface area is 264 Å². The summed E-state index contributed by atoms with van der Waals surface area (Å²) in [5.74, 6) is -2.00. The number of phenolic OH excluding ortho intramolecular Hbond substituents is 1. The van der Waals surface area contributed by atoms with E-state index < -0.39 is 24.0 Å². The predicted octanol–water partition coefficient (Wildman–Crippen LogP) is 3.12. The molecule has 11 nitrogen and oxygen atoms in total. The molecule has 0 aromatic heterocycles. The molecule has 0 saturated heterocycles. The largest absolute Gasteiger partial charge is 0.508 e. The van der Waals surface area contributed by atoms with Gasteiger partial charge in [0.25, 0.3) is 17.7 Å². The lowest BCUT2D eigenvalue weighted by Gasteiger charge is -2.30. The summed E-state index contributed by atoms with van der Waals surface area (Å²) >= 11 is 0. The second kappa shape index (κ2) is 16.9. The number of likely N-dealkylation sites (N-methyl/N-ethyl adjacent to an activating group) is 1. The molecule has 0 aliphatic carbocycles. The normalized spacial score (nSPS) is 12.3. The number of nitrogens with two attached hydrogens (primary N) is 1. The van der Waals surface area contributed by atoms with Crippen LogP contribution in [0.2, 0.25) is 0 Å². The number of carbonyl (C=O) groups excluding carboxylic acids is 4. The summed E-state index contributed by atoms with van der Waals surface area (Å²) in [6.07, 6.45) is 0.501. The number of aliphatic hydroxyl groups excluding tert-OH is 1. The Bertz CT molecular complexity index is 1440. The molecule has 0 aliphatic heterocycles. The zero-order chi connectivity index (χ0) is 32.9. The van der Waals surface area contributed by atoms with Gasteiger partial charge in [0.15, 0.2) is 0 Å². The summed E-state index contributed by atoms with van der Waals surface area (Å²) in [5, 5.41) is 25.5. The highest BCUT2D eigenvalue weighted by Gasteiger charge is 2.27. The molecule has 0 aliphatic rings. The summed E-state index contributed by atoms with van der Waals surface area (Å²) in [4.78, 5) is 53.6. The number of hydrogen-bond donors (Lipinski definition) is 5. The first-order chi connectivity index (χ1) is 21.6. The number of amides is 4. The van der Waals surface area contributed by atoms with Crippen LogP contribution in [0.1, 0.15) is 80.6 Å². The number of nitrogens with one attached hydrogen (secondary N) is 2. The molecule has 0 heterocycles. The van der Waals surface area contributed by atoms with E-state index in [1.54, 1.807) is 52.4 Å². The fourth-order valence-corrected chi connectivity index (χ4v) is 4.89. The molecule has 0 fully saturated rings. The van der Waals surface area contributed by atoms with Crippen LogP contribution in [-0.2, 0) is 6.42 Å². The molecule has 4 amide bonds. The van der Waals surface area contributed by atoms with Crippen LogP contribution < -0.4 is 16.5 Å². The van der Waals surface area contributed by atoms with Crippen LogP contribution in [0.5, 0.6) is 5.75 Å². The van der Waals surface area contributed by atoms with E-state index in [1.807, 2.05) is 20.8 Å².